The quantitative estimate of drug-likeness (QED) is 0.879. The lowest BCUT2D eigenvalue weighted by molar-refractivity contribution is -0.141. The minimum atomic E-state index is -0.853. The second-order valence-electron chi connectivity index (χ2n) is 4.30. The zero-order chi connectivity index (χ0) is 13.3. The first-order valence-electron chi connectivity index (χ1n) is 5.46. The predicted octanol–water partition coefficient (Wildman–Crippen LogP) is 1.29. The standard InChI is InChI=1S/C11H13ClN2O3S/c1-14-5-6(4-7(14)11(16)17)13-10(15)8-2-3-9(12)18-8/h2-3,6-7H,4-5H2,1H3,(H,13,15)(H,16,17)/t6?,7-/m0/s1. The molecule has 1 amide bonds. The number of thiophene rings is 1. The number of amides is 1. The Morgan fingerprint density at radius 1 is 1.56 bits per heavy atom. The molecule has 0 aliphatic carbocycles. The third-order valence-corrected chi connectivity index (χ3v) is 4.20. The summed E-state index contributed by atoms with van der Waals surface area (Å²) in [6, 6.07) is 2.67. The van der Waals surface area contributed by atoms with Crippen LogP contribution in [-0.4, -0.2) is 47.6 Å². The number of likely N-dealkylation sites (N-methyl/N-ethyl adjacent to an activating group) is 1. The summed E-state index contributed by atoms with van der Waals surface area (Å²) in [5.74, 6) is -1.05. The van der Waals surface area contributed by atoms with Gasteiger partial charge in [0.1, 0.15) is 6.04 Å². The lowest BCUT2D eigenvalue weighted by Crippen LogP contribution is -2.36. The lowest BCUT2D eigenvalue weighted by Gasteiger charge is -2.13. The normalized spacial score (nSPS) is 24.1. The number of carbonyl (C=O) groups is 2. The SMILES string of the molecule is CN1CC(NC(=O)c2ccc(Cl)s2)C[C@H]1C(=O)O. The van der Waals surface area contributed by atoms with Gasteiger partial charge in [0, 0.05) is 12.6 Å². The van der Waals surface area contributed by atoms with Gasteiger partial charge in [0.15, 0.2) is 0 Å². The van der Waals surface area contributed by atoms with Gasteiger partial charge in [-0.1, -0.05) is 11.6 Å². The molecule has 18 heavy (non-hydrogen) atoms. The summed E-state index contributed by atoms with van der Waals surface area (Å²) < 4.78 is 0.562. The lowest BCUT2D eigenvalue weighted by atomic mass is 10.1. The van der Waals surface area contributed by atoms with E-state index in [1.54, 1.807) is 24.1 Å². The Morgan fingerprint density at radius 3 is 2.78 bits per heavy atom. The molecule has 2 heterocycles. The van der Waals surface area contributed by atoms with Crippen LogP contribution in [0.5, 0.6) is 0 Å². The van der Waals surface area contributed by atoms with Gasteiger partial charge in [-0.05, 0) is 25.6 Å². The van der Waals surface area contributed by atoms with E-state index in [1.165, 1.54) is 11.3 Å². The Kier molecular flexibility index (Phi) is 3.89. The van der Waals surface area contributed by atoms with Crippen molar-refractivity contribution < 1.29 is 14.7 Å². The fraction of sp³-hybridized carbons (Fsp3) is 0.455. The molecule has 2 rings (SSSR count). The highest BCUT2D eigenvalue weighted by Gasteiger charge is 2.35. The third-order valence-electron chi connectivity index (χ3n) is 2.97. The van der Waals surface area contributed by atoms with E-state index in [0.29, 0.717) is 22.2 Å². The zero-order valence-corrected chi connectivity index (χ0v) is 11.3. The highest BCUT2D eigenvalue weighted by atomic mass is 35.5. The van der Waals surface area contributed by atoms with Crippen LogP contribution >= 0.6 is 22.9 Å². The van der Waals surface area contributed by atoms with Crippen LogP contribution in [0.15, 0.2) is 12.1 Å². The van der Waals surface area contributed by atoms with Gasteiger partial charge in [0.05, 0.1) is 9.21 Å². The number of rotatable bonds is 3. The average Bonchev–Trinajstić information content (AvgIpc) is 2.85. The van der Waals surface area contributed by atoms with Crippen molar-refractivity contribution in [2.45, 2.75) is 18.5 Å². The van der Waals surface area contributed by atoms with Crippen LogP contribution in [0.4, 0.5) is 0 Å². The van der Waals surface area contributed by atoms with Crippen molar-refractivity contribution in [3.63, 3.8) is 0 Å². The van der Waals surface area contributed by atoms with Gasteiger partial charge in [-0.2, -0.15) is 0 Å². The summed E-state index contributed by atoms with van der Waals surface area (Å²) in [5.41, 5.74) is 0. The molecule has 1 aromatic heterocycles. The maximum atomic E-state index is 11.9. The third kappa shape index (κ3) is 2.82. The van der Waals surface area contributed by atoms with Crippen LogP contribution in [0, 0.1) is 0 Å². The molecule has 1 fully saturated rings. The van der Waals surface area contributed by atoms with Crippen LogP contribution in [0.1, 0.15) is 16.1 Å². The van der Waals surface area contributed by atoms with E-state index in [4.69, 9.17) is 16.7 Å². The molecule has 1 saturated heterocycles. The summed E-state index contributed by atoms with van der Waals surface area (Å²) in [7, 11) is 1.74. The van der Waals surface area contributed by atoms with E-state index in [1.807, 2.05) is 0 Å². The molecule has 98 valence electrons. The molecule has 0 aromatic carbocycles. The number of hydrogen-bond donors (Lipinski definition) is 2. The van der Waals surface area contributed by atoms with Crippen molar-refractivity contribution in [1.82, 2.24) is 10.2 Å². The zero-order valence-electron chi connectivity index (χ0n) is 9.72. The number of aliphatic carboxylic acids is 1. The molecule has 1 aliphatic rings. The topological polar surface area (TPSA) is 69.6 Å². The van der Waals surface area contributed by atoms with Crippen LogP contribution in [0.3, 0.4) is 0 Å². The van der Waals surface area contributed by atoms with Crippen molar-refractivity contribution in [2.75, 3.05) is 13.6 Å². The van der Waals surface area contributed by atoms with Gasteiger partial charge in [0.25, 0.3) is 5.91 Å². The van der Waals surface area contributed by atoms with Crippen molar-refractivity contribution in [1.29, 1.82) is 0 Å². The molecule has 0 bridgehead atoms. The molecule has 0 spiro atoms. The van der Waals surface area contributed by atoms with Crippen LogP contribution in [0.2, 0.25) is 4.34 Å². The van der Waals surface area contributed by atoms with Crippen molar-refractivity contribution in [3.05, 3.63) is 21.3 Å². The molecule has 2 N–H and O–H groups in total. The molecule has 0 radical (unpaired) electrons. The molecular weight excluding hydrogens is 276 g/mol. The Morgan fingerprint density at radius 2 is 2.28 bits per heavy atom. The monoisotopic (exact) mass is 288 g/mol. The fourth-order valence-corrected chi connectivity index (χ4v) is 3.03. The van der Waals surface area contributed by atoms with Crippen molar-refractivity contribution in [2.24, 2.45) is 0 Å². The van der Waals surface area contributed by atoms with E-state index in [-0.39, 0.29) is 11.9 Å². The summed E-state index contributed by atoms with van der Waals surface area (Å²) in [6.45, 7) is 0.543. The molecule has 2 atom stereocenters. The van der Waals surface area contributed by atoms with Gasteiger partial charge >= 0.3 is 5.97 Å². The van der Waals surface area contributed by atoms with Crippen molar-refractivity contribution in [3.8, 4) is 0 Å². The van der Waals surface area contributed by atoms with Gasteiger partial charge in [-0.25, -0.2) is 0 Å². The average molecular weight is 289 g/mol. The van der Waals surface area contributed by atoms with Gasteiger partial charge in [-0.15, -0.1) is 11.3 Å². The first kappa shape index (κ1) is 13.3. The number of carboxylic acids is 1. The molecule has 1 unspecified atom stereocenters. The number of nitrogens with zero attached hydrogens (tertiary/aromatic N) is 1. The summed E-state index contributed by atoms with van der Waals surface area (Å²) in [5, 5.41) is 11.8. The highest BCUT2D eigenvalue weighted by Crippen LogP contribution is 2.22. The number of halogens is 1. The number of nitrogens with one attached hydrogen (secondary N) is 1. The molecule has 1 aromatic rings. The van der Waals surface area contributed by atoms with Crippen LogP contribution < -0.4 is 5.32 Å². The predicted molar refractivity (Wildman–Crippen MR) is 69.3 cm³/mol. The minimum Gasteiger partial charge on any atom is -0.480 e. The summed E-state index contributed by atoms with van der Waals surface area (Å²) in [4.78, 5) is 25.1. The molecule has 1 aliphatic heterocycles. The fourth-order valence-electron chi connectivity index (χ4n) is 2.09. The summed E-state index contributed by atoms with van der Waals surface area (Å²) in [6.07, 6.45) is 0.427. The number of likely N-dealkylation sites (tertiary alicyclic amines) is 1. The molecule has 0 saturated carbocycles. The molecule has 5 nitrogen and oxygen atoms in total. The molecular formula is C11H13ClN2O3S. The van der Waals surface area contributed by atoms with E-state index in [2.05, 4.69) is 5.32 Å². The smallest absolute Gasteiger partial charge is 0.320 e. The Labute approximate surface area is 113 Å². The van der Waals surface area contributed by atoms with Crippen LogP contribution in [0.25, 0.3) is 0 Å². The maximum Gasteiger partial charge on any atom is 0.320 e. The van der Waals surface area contributed by atoms with Gasteiger partial charge < -0.3 is 10.4 Å². The van der Waals surface area contributed by atoms with Gasteiger partial charge in [-0.3, -0.25) is 14.5 Å². The maximum absolute atomic E-state index is 11.9. The van der Waals surface area contributed by atoms with E-state index in [0.717, 1.165) is 0 Å². The first-order valence-corrected chi connectivity index (χ1v) is 6.66. The highest BCUT2D eigenvalue weighted by molar-refractivity contribution is 7.17. The first-order chi connectivity index (χ1) is 8.47. The number of hydrogen-bond acceptors (Lipinski definition) is 4. The van der Waals surface area contributed by atoms with E-state index >= 15 is 0 Å². The number of carboxylic acid groups (broad SMARTS) is 1. The second-order valence-corrected chi connectivity index (χ2v) is 6.02. The van der Waals surface area contributed by atoms with E-state index < -0.39 is 12.0 Å². The van der Waals surface area contributed by atoms with Gasteiger partial charge in [0.2, 0.25) is 0 Å². The largest absolute Gasteiger partial charge is 0.480 e. The molecule has 7 heteroatoms. The summed E-state index contributed by atoms with van der Waals surface area (Å²) >= 11 is 6.97. The van der Waals surface area contributed by atoms with Crippen molar-refractivity contribution >= 4 is 34.8 Å². The Bertz CT molecular complexity index is 477. The Hall–Kier alpha value is -1.11. The minimum absolute atomic E-state index is 0.135. The number of carbonyl (C=O) groups excluding carboxylic acids is 1. The second kappa shape index (κ2) is 5.26. The Balaban J connectivity index is 1.95. The van der Waals surface area contributed by atoms with E-state index in [9.17, 15) is 9.59 Å². The van der Waals surface area contributed by atoms with Crippen LogP contribution in [-0.2, 0) is 4.79 Å².